The topological polar surface area (TPSA) is 89.8 Å². The predicted molar refractivity (Wildman–Crippen MR) is 74.1 cm³/mol. The van der Waals surface area contributed by atoms with Crippen LogP contribution in [0.15, 0.2) is 30.3 Å². The first-order valence-corrected chi connectivity index (χ1v) is 5.78. The lowest BCUT2D eigenvalue weighted by Gasteiger charge is -2.17. The molecule has 0 aliphatic rings. The number of anilines is 3. The Kier molecular flexibility index (Phi) is 3.32. The summed E-state index contributed by atoms with van der Waals surface area (Å²) in [5.41, 5.74) is 13.6. The fraction of sp³-hybridized carbons (Fsp3) is 0.231. The van der Waals surface area contributed by atoms with Crippen molar-refractivity contribution in [3.63, 3.8) is 0 Å². The molecule has 0 aliphatic carbocycles. The lowest BCUT2D eigenvalue weighted by Crippen LogP contribution is -2.11. The number of nitrogen functional groups attached to an aromatic ring is 2. The lowest BCUT2D eigenvalue weighted by molar-refractivity contribution is 0.864. The van der Waals surface area contributed by atoms with Gasteiger partial charge in [-0.3, -0.25) is 0 Å². The summed E-state index contributed by atoms with van der Waals surface area (Å²) in [6.45, 7) is 4.15. The molecule has 1 atom stereocenters. The first-order valence-electron chi connectivity index (χ1n) is 5.78. The van der Waals surface area contributed by atoms with Crippen LogP contribution in [0.25, 0.3) is 0 Å². The van der Waals surface area contributed by atoms with E-state index in [1.165, 1.54) is 11.1 Å². The number of hydrogen-bond donors (Lipinski definition) is 3. The van der Waals surface area contributed by atoms with E-state index in [1.54, 1.807) is 6.07 Å². The summed E-state index contributed by atoms with van der Waals surface area (Å²) in [4.78, 5) is 7.94. The summed E-state index contributed by atoms with van der Waals surface area (Å²) in [7, 11) is 0. The zero-order valence-electron chi connectivity index (χ0n) is 10.5. The van der Waals surface area contributed by atoms with Crippen LogP contribution in [0.5, 0.6) is 0 Å². The van der Waals surface area contributed by atoms with Crippen molar-refractivity contribution in [1.29, 1.82) is 0 Å². The van der Waals surface area contributed by atoms with Crippen molar-refractivity contribution in [3.05, 3.63) is 41.5 Å². The van der Waals surface area contributed by atoms with E-state index in [-0.39, 0.29) is 12.0 Å². The quantitative estimate of drug-likeness (QED) is 0.768. The molecule has 18 heavy (non-hydrogen) atoms. The molecule has 5 N–H and O–H groups in total. The number of benzene rings is 1. The largest absolute Gasteiger partial charge is 0.383 e. The van der Waals surface area contributed by atoms with Crippen molar-refractivity contribution in [2.75, 3.05) is 16.8 Å². The molecule has 0 amide bonds. The van der Waals surface area contributed by atoms with Crippen molar-refractivity contribution in [2.24, 2.45) is 0 Å². The van der Waals surface area contributed by atoms with Crippen LogP contribution in [-0.2, 0) is 0 Å². The van der Waals surface area contributed by atoms with Gasteiger partial charge in [0.25, 0.3) is 0 Å². The average molecular weight is 243 g/mol. The summed E-state index contributed by atoms with van der Waals surface area (Å²) < 4.78 is 0. The van der Waals surface area contributed by atoms with Gasteiger partial charge < -0.3 is 16.8 Å². The number of hydrogen-bond acceptors (Lipinski definition) is 5. The van der Waals surface area contributed by atoms with E-state index in [9.17, 15) is 0 Å². The van der Waals surface area contributed by atoms with E-state index in [0.29, 0.717) is 11.6 Å². The molecule has 0 saturated carbocycles. The van der Waals surface area contributed by atoms with Crippen molar-refractivity contribution in [1.82, 2.24) is 9.97 Å². The maximum absolute atomic E-state index is 5.63. The van der Waals surface area contributed by atoms with E-state index in [4.69, 9.17) is 11.5 Å². The molecule has 0 spiro atoms. The van der Waals surface area contributed by atoms with Gasteiger partial charge in [0.05, 0.1) is 6.04 Å². The van der Waals surface area contributed by atoms with Gasteiger partial charge in [0.15, 0.2) is 0 Å². The molecular weight excluding hydrogens is 226 g/mol. The van der Waals surface area contributed by atoms with E-state index in [1.807, 2.05) is 12.1 Å². The van der Waals surface area contributed by atoms with Gasteiger partial charge in [-0.15, -0.1) is 0 Å². The highest BCUT2D eigenvalue weighted by Gasteiger charge is 2.09. The van der Waals surface area contributed by atoms with Crippen LogP contribution in [0, 0.1) is 6.92 Å². The van der Waals surface area contributed by atoms with Crippen molar-refractivity contribution in [3.8, 4) is 0 Å². The molecule has 5 heteroatoms. The molecular formula is C13H17N5. The number of nitrogens with zero attached hydrogens (tertiary/aromatic N) is 2. The third kappa shape index (κ3) is 2.68. The highest BCUT2D eigenvalue weighted by Crippen LogP contribution is 2.21. The number of nitrogens with two attached hydrogens (primary N) is 2. The molecule has 1 unspecified atom stereocenters. The van der Waals surface area contributed by atoms with Crippen molar-refractivity contribution >= 4 is 17.6 Å². The maximum atomic E-state index is 5.63. The molecule has 5 nitrogen and oxygen atoms in total. The van der Waals surface area contributed by atoms with E-state index < -0.39 is 0 Å². The van der Waals surface area contributed by atoms with E-state index in [0.717, 1.165) is 0 Å². The summed E-state index contributed by atoms with van der Waals surface area (Å²) in [6.07, 6.45) is 0. The second kappa shape index (κ2) is 4.91. The molecule has 1 heterocycles. The molecule has 94 valence electrons. The Morgan fingerprint density at radius 3 is 2.56 bits per heavy atom. The number of aryl methyl sites for hydroxylation is 1. The van der Waals surface area contributed by atoms with Gasteiger partial charge in [-0.1, -0.05) is 24.3 Å². The Balaban J connectivity index is 2.21. The van der Waals surface area contributed by atoms with Gasteiger partial charge in [0.1, 0.15) is 11.6 Å². The summed E-state index contributed by atoms with van der Waals surface area (Å²) in [5, 5.41) is 3.27. The molecule has 2 aromatic rings. The third-order valence-electron chi connectivity index (χ3n) is 2.78. The van der Waals surface area contributed by atoms with Gasteiger partial charge in [0, 0.05) is 6.07 Å². The van der Waals surface area contributed by atoms with Gasteiger partial charge in [-0.05, 0) is 25.0 Å². The maximum Gasteiger partial charge on any atom is 0.223 e. The fourth-order valence-electron chi connectivity index (χ4n) is 1.93. The van der Waals surface area contributed by atoms with Crippen molar-refractivity contribution < 1.29 is 0 Å². The Morgan fingerprint density at radius 2 is 1.89 bits per heavy atom. The molecule has 0 fully saturated rings. The monoisotopic (exact) mass is 243 g/mol. The number of aromatic nitrogens is 2. The van der Waals surface area contributed by atoms with Gasteiger partial charge in [-0.2, -0.15) is 9.97 Å². The molecule has 1 aromatic heterocycles. The summed E-state index contributed by atoms with van der Waals surface area (Å²) in [6, 6.07) is 10.00. The SMILES string of the molecule is Cc1ccccc1C(C)Nc1cc(N)nc(N)n1. The lowest BCUT2D eigenvalue weighted by atomic mass is 10.0. The average Bonchev–Trinajstić information content (AvgIpc) is 2.27. The first-order chi connectivity index (χ1) is 8.56. The van der Waals surface area contributed by atoms with Crippen LogP contribution in [-0.4, -0.2) is 9.97 Å². The Hall–Kier alpha value is -2.30. The van der Waals surface area contributed by atoms with Gasteiger partial charge in [0.2, 0.25) is 5.95 Å². The van der Waals surface area contributed by atoms with Crippen LogP contribution in [0.4, 0.5) is 17.6 Å². The minimum atomic E-state index is 0.125. The van der Waals surface area contributed by atoms with Crippen LogP contribution in [0.1, 0.15) is 24.1 Å². The van der Waals surface area contributed by atoms with E-state index >= 15 is 0 Å². The van der Waals surface area contributed by atoms with Crippen LogP contribution < -0.4 is 16.8 Å². The highest BCUT2D eigenvalue weighted by molar-refractivity contribution is 5.50. The minimum Gasteiger partial charge on any atom is -0.383 e. The molecule has 0 aliphatic heterocycles. The Labute approximate surface area is 106 Å². The van der Waals surface area contributed by atoms with Crippen LogP contribution in [0.3, 0.4) is 0 Å². The fourth-order valence-corrected chi connectivity index (χ4v) is 1.93. The summed E-state index contributed by atoms with van der Waals surface area (Å²) >= 11 is 0. The number of rotatable bonds is 3. The van der Waals surface area contributed by atoms with Crippen molar-refractivity contribution in [2.45, 2.75) is 19.9 Å². The van der Waals surface area contributed by atoms with Gasteiger partial charge >= 0.3 is 0 Å². The van der Waals surface area contributed by atoms with Crippen LogP contribution >= 0.6 is 0 Å². The predicted octanol–water partition coefficient (Wildman–Crippen LogP) is 2.12. The molecule has 1 aromatic carbocycles. The third-order valence-corrected chi connectivity index (χ3v) is 2.78. The highest BCUT2D eigenvalue weighted by atomic mass is 15.1. The number of nitrogens with one attached hydrogen (secondary N) is 1. The Morgan fingerprint density at radius 1 is 1.17 bits per heavy atom. The first kappa shape index (κ1) is 12.2. The smallest absolute Gasteiger partial charge is 0.223 e. The zero-order valence-corrected chi connectivity index (χ0v) is 10.5. The summed E-state index contributed by atoms with van der Waals surface area (Å²) in [5.74, 6) is 1.17. The zero-order chi connectivity index (χ0) is 13.1. The van der Waals surface area contributed by atoms with E-state index in [2.05, 4.69) is 41.3 Å². The second-order valence-corrected chi connectivity index (χ2v) is 4.26. The Bertz CT molecular complexity index is 533. The van der Waals surface area contributed by atoms with Crippen LogP contribution in [0.2, 0.25) is 0 Å². The molecule has 2 rings (SSSR count). The molecule has 0 radical (unpaired) electrons. The van der Waals surface area contributed by atoms with Gasteiger partial charge in [-0.25, -0.2) is 0 Å². The normalized spacial score (nSPS) is 12.1. The standard InChI is InChI=1S/C13H17N5/c1-8-5-3-4-6-10(8)9(2)16-12-7-11(14)17-13(15)18-12/h3-7,9H,1-2H3,(H5,14,15,16,17,18). The molecule has 0 saturated heterocycles. The minimum absolute atomic E-state index is 0.125. The molecule has 0 bridgehead atoms. The second-order valence-electron chi connectivity index (χ2n) is 4.26.